The van der Waals surface area contributed by atoms with Gasteiger partial charge in [0.25, 0.3) is 21.8 Å². The molecule has 14 heteroatoms. The Labute approximate surface area is 204 Å². The lowest BCUT2D eigenvalue weighted by atomic mass is 10.2. The fourth-order valence-electron chi connectivity index (χ4n) is 3.00. The second-order valence-electron chi connectivity index (χ2n) is 7.15. The van der Waals surface area contributed by atoms with E-state index in [-0.39, 0.29) is 22.9 Å². The van der Waals surface area contributed by atoms with Gasteiger partial charge < -0.3 is 5.11 Å². The standard InChI is InChI=1S/C21H16ClN7O5S/c1-12-18(20(32)29(27-12)19(31)13-3-5-14(22)6-4-13)26-25-15-7-8-17(16(30)11-15)35(33,34)28-21-23-9-2-10-24-21/h2-11,18,30H,1H3,(H,23,24,28). The number of phenolic OH excluding ortho intramolecular Hbond substituents is 1. The molecule has 0 saturated carbocycles. The van der Waals surface area contributed by atoms with Crippen LogP contribution in [0.1, 0.15) is 17.3 Å². The highest BCUT2D eigenvalue weighted by atomic mass is 35.5. The molecule has 0 saturated heterocycles. The summed E-state index contributed by atoms with van der Waals surface area (Å²) in [6.45, 7) is 1.52. The Bertz CT molecular complexity index is 1460. The van der Waals surface area contributed by atoms with Crippen LogP contribution in [0.3, 0.4) is 0 Å². The number of nitrogens with zero attached hydrogens (tertiary/aromatic N) is 6. The van der Waals surface area contributed by atoms with Crippen LogP contribution in [-0.4, -0.2) is 52.1 Å². The quantitative estimate of drug-likeness (QED) is 0.377. The van der Waals surface area contributed by atoms with Gasteiger partial charge in [-0.05, 0) is 49.4 Å². The van der Waals surface area contributed by atoms with Crippen molar-refractivity contribution in [1.82, 2.24) is 15.0 Å². The number of amides is 2. The number of carbonyl (C=O) groups excluding carboxylic acids is 2. The Morgan fingerprint density at radius 1 is 1.14 bits per heavy atom. The largest absolute Gasteiger partial charge is 0.506 e. The normalized spacial score (nSPS) is 15.9. The molecule has 0 aliphatic carbocycles. The molecule has 35 heavy (non-hydrogen) atoms. The Morgan fingerprint density at radius 3 is 2.49 bits per heavy atom. The number of carbonyl (C=O) groups is 2. The van der Waals surface area contributed by atoms with E-state index < -0.39 is 38.5 Å². The van der Waals surface area contributed by atoms with Gasteiger partial charge in [0.2, 0.25) is 5.95 Å². The molecule has 2 heterocycles. The number of azo groups is 1. The van der Waals surface area contributed by atoms with Crippen LogP contribution in [0.15, 0.2) is 81.2 Å². The molecule has 0 fully saturated rings. The molecule has 1 aliphatic rings. The minimum absolute atomic E-state index is 0.0699. The summed E-state index contributed by atoms with van der Waals surface area (Å²) in [4.78, 5) is 32.4. The number of sulfonamides is 1. The number of hydrazone groups is 1. The van der Waals surface area contributed by atoms with Gasteiger partial charge in [0, 0.05) is 29.0 Å². The summed E-state index contributed by atoms with van der Waals surface area (Å²) >= 11 is 5.83. The summed E-state index contributed by atoms with van der Waals surface area (Å²) in [5, 5.41) is 23.2. The maximum absolute atomic E-state index is 12.7. The van der Waals surface area contributed by atoms with Crippen molar-refractivity contribution in [3.05, 3.63) is 71.5 Å². The number of aromatic nitrogens is 2. The van der Waals surface area contributed by atoms with E-state index in [1.54, 1.807) is 0 Å². The molecule has 1 atom stereocenters. The zero-order valence-electron chi connectivity index (χ0n) is 17.9. The minimum atomic E-state index is -4.18. The first-order valence-corrected chi connectivity index (χ1v) is 11.7. The third-order valence-corrected chi connectivity index (χ3v) is 6.32. The summed E-state index contributed by atoms with van der Waals surface area (Å²) in [6, 6.07) is 9.78. The lowest BCUT2D eigenvalue weighted by Gasteiger charge is -2.10. The molecule has 12 nitrogen and oxygen atoms in total. The Morgan fingerprint density at radius 2 is 1.83 bits per heavy atom. The number of benzene rings is 2. The van der Waals surface area contributed by atoms with Crippen LogP contribution in [-0.2, 0) is 14.8 Å². The lowest BCUT2D eigenvalue weighted by Crippen LogP contribution is -2.34. The van der Waals surface area contributed by atoms with Gasteiger partial charge in [-0.2, -0.15) is 20.3 Å². The number of halogens is 1. The van der Waals surface area contributed by atoms with Crippen LogP contribution >= 0.6 is 11.6 Å². The molecule has 2 N–H and O–H groups in total. The molecule has 0 spiro atoms. The van der Waals surface area contributed by atoms with Crippen LogP contribution < -0.4 is 4.72 Å². The van der Waals surface area contributed by atoms with Gasteiger partial charge in [-0.15, -0.1) is 0 Å². The summed E-state index contributed by atoms with van der Waals surface area (Å²) < 4.78 is 27.2. The van der Waals surface area contributed by atoms with Crippen molar-refractivity contribution in [2.75, 3.05) is 4.72 Å². The van der Waals surface area contributed by atoms with E-state index in [9.17, 15) is 23.1 Å². The average Bonchev–Trinajstić information content (AvgIpc) is 3.11. The third kappa shape index (κ3) is 5.15. The van der Waals surface area contributed by atoms with Crippen molar-refractivity contribution in [2.45, 2.75) is 17.9 Å². The fraction of sp³-hybridized carbons (Fsp3) is 0.0952. The number of aromatic hydroxyl groups is 1. The maximum atomic E-state index is 12.7. The van der Waals surface area contributed by atoms with E-state index in [2.05, 4.69) is 30.0 Å². The Kier molecular flexibility index (Phi) is 6.53. The van der Waals surface area contributed by atoms with Crippen LogP contribution in [0.2, 0.25) is 5.02 Å². The monoisotopic (exact) mass is 513 g/mol. The molecular formula is C21H16ClN7O5S. The summed E-state index contributed by atoms with van der Waals surface area (Å²) in [5.74, 6) is -2.12. The number of phenols is 1. The summed E-state index contributed by atoms with van der Waals surface area (Å²) in [6.07, 6.45) is 2.71. The van der Waals surface area contributed by atoms with Gasteiger partial charge in [0.05, 0.1) is 11.4 Å². The summed E-state index contributed by atoms with van der Waals surface area (Å²) in [7, 11) is -4.18. The molecule has 4 rings (SSSR count). The smallest absolute Gasteiger partial charge is 0.282 e. The van der Waals surface area contributed by atoms with Crippen LogP contribution in [0.25, 0.3) is 0 Å². The van der Waals surface area contributed by atoms with Crippen LogP contribution in [0.5, 0.6) is 5.75 Å². The molecule has 3 aromatic rings. The lowest BCUT2D eigenvalue weighted by molar-refractivity contribution is -0.127. The Balaban J connectivity index is 1.49. The van der Waals surface area contributed by atoms with Crippen molar-refractivity contribution < 1.29 is 23.1 Å². The van der Waals surface area contributed by atoms with Gasteiger partial charge in [0.15, 0.2) is 6.04 Å². The second kappa shape index (κ2) is 9.56. The minimum Gasteiger partial charge on any atom is -0.506 e. The SMILES string of the molecule is CC1=NN(C(=O)c2ccc(Cl)cc2)C(=O)C1N=Nc1ccc(S(=O)(=O)Nc2ncccn2)c(O)c1. The first-order chi connectivity index (χ1) is 16.7. The molecule has 1 aromatic heterocycles. The molecule has 0 bridgehead atoms. The van der Waals surface area contributed by atoms with E-state index in [0.717, 1.165) is 12.1 Å². The van der Waals surface area contributed by atoms with Crippen LogP contribution in [0.4, 0.5) is 11.6 Å². The molecule has 0 radical (unpaired) electrons. The predicted octanol–water partition coefficient (Wildman–Crippen LogP) is 3.15. The highest BCUT2D eigenvalue weighted by molar-refractivity contribution is 7.92. The van der Waals surface area contributed by atoms with Crippen molar-refractivity contribution in [3.63, 3.8) is 0 Å². The second-order valence-corrected chi connectivity index (χ2v) is 9.24. The Hall–Kier alpha value is -4.23. The average molecular weight is 514 g/mol. The first-order valence-electron chi connectivity index (χ1n) is 9.88. The molecular weight excluding hydrogens is 498 g/mol. The van der Waals surface area contributed by atoms with E-state index in [1.807, 2.05) is 0 Å². The number of anilines is 1. The van der Waals surface area contributed by atoms with Crippen molar-refractivity contribution >= 4 is 50.8 Å². The van der Waals surface area contributed by atoms with Crippen LogP contribution in [0, 0.1) is 0 Å². The number of rotatable bonds is 6. The van der Waals surface area contributed by atoms with E-state index in [1.165, 1.54) is 55.7 Å². The fourth-order valence-corrected chi connectivity index (χ4v) is 4.16. The number of imide groups is 1. The molecule has 2 aromatic carbocycles. The van der Waals surface area contributed by atoms with Crippen molar-refractivity contribution in [2.24, 2.45) is 15.3 Å². The van der Waals surface area contributed by atoms with Gasteiger partial charge in [-0.25, -0.2) is 23.1 Å². The zero-order chi connectivity index (χ0) is 25.2. The number of hydrogen-bond donors (Lipinski definition) is 2. The van der Waals surface area contributed by atoms with Gasteiger partial charge in [-0.3, -0.25) is 9.59 Å². The maximum Gasteiger partial charge on any atom is 0.282 e. The topological polar surface area (TPSA) is 167 Å². The highest BCUT2D eigenvalue weighted by Crippen LogP contribution is 2.29. The van der Waals surface area contributed by atoms with Crippen molar-refractivity contribution in [1.29, 1.82) is 0 Å². The zero-order valence-corrected chi connectivity index (χ0v) is 19.5. The number of nitrogens with one attached hydrogen (secondary N) is 1. The first kappa shape index (κ1) is 23.9. The van der Waals surface area contributed by atoms with Crippen molar-refractivity contribution in [3.8, 4) is 5.75 Å². The molecule has 2 amide bonds. The third-order valence-electron chi connectivity index (χ3n) is 4.69. The number of hydrogen-bond acceptors (Lipinski definition) is 10. The summed E-state index contributed by atoms with van der Waals surface area (Å²) in [5.41, 5.74) is 0.519. The molecule has 1 unspecified atom stereocenters. The van der Waals surface area contributed by atoms with Gasteiger partial charge in [0.1, 0.15) is 10.6 Å². The van der Waals surface area contributed by atoms with E-state index in [4.69, 9.17) is 11.6 Å². The predicted molar refractivity (Wildman–Crippen MR) is 125 cm³/mol. The highest BCUT2D eigenvalue weighted by Gasteiger charge is 2.38. The van der Waals surface area contributed by atoms with E-state index in [0.29, 0.717) is 10.0 Å². The van der Waals surface area contributed by atoms with E-state index >= 15 is 0 Å². The molecule has 1 aliphatic heterocycles. The van der Waals surface area contributed by atoms with Gasteiger partial charge >= 0.3 is 0 Å². The van der Waals surface area contributed by atoms with Gasteiger partial charge in [-0.1, -0.05) is 11.6 Å². The molecule has 178 valence electrons.